The number of nitrogens with zero attached hydrogens (tertiary/aromatic N) is 1. The van der Waals surface area contributed by atoms with E-state index in [0.29, 0.717) is 13.2 Å². The highest BCUT2D eigenvalue weighted by molar-refractivity contribution is 5.81. The minimum Gasteiger partial charge on any atom is -0.464 e. The number of halogens is 4. The van der Waals surface area contributed by atoms with Gasteiger partial charge in [-0.15, -0.1) is 0 Å². The third kappa shape index (κ3) is 2.18. The molecule has 72 valence electrons. The lowest BCUT2D eigenvalue weighted by Crippen LogP contribution is -2.31. The summed E-state index contributed by atoms with van der Waals surface area (Å²) >= 11 is 0. The highest BCUT2D eigenvalue weighted by atomic mass is 19.3. The molecular formula is C6H3F4NO2. The van der Waals surface area contributed by atoms with Crippen molar-refractivity contribution in [3.05, 3.63) is 11.7 Å². The molecule has 0 aromatic carbocycles. The van der Waals surface area contributed by atoms with Gasteiger partial charge in [0.25, 0.3) is 0 Å². The zero-order valence-corrected chi connectivity index (χ0v) is 6.28. The molecule has 0 aromatic heterocycles. The highest BCUT2D eigenvalue weighted by Gasteiger charge is 2.48. The molecule has 0 rings (SSSR count). The predicted molar refractivity (Wildman–Crippen MR) is 31.8 cm³/mol. The average Bonchev–Trinajstić information content (AvgIpc) is 2.13. The molecule has 0 aliphatic carbocycles. The van der Waals surface area contributed by atoms with Crippen molar-refractivity contribution >= 4 is 5.97 Å². The lowest BCUT2D eigenvalue weighted by Gasteiger charge is -2.09. The Morgan fingerprint density at radius 3 is 2.23 bits per heavy atom. The van der Waals surface area contributed by atoms with Gasteiger partial charge in [0, 0.05) is 0 Å². The van der Waals surface area contributed by atoms with Gasteiger partial charge in [0.15, 0.2) is 0 Å². The van der Waals surface area contributed by atoms with Gasteiger partial charge in [0.2, 0.25) is 11.7 Å². The molecule has 0 saturated heterocycles. The van der Waals surface area contributed by atoms with Crippen LogP contribution < -0.4 is 0 Å². The monoisotopic (exact) mass is 197 g/mol. The van der Waals surface area contributed by atoms with Gasteiger partial charge in [-0.05, 0) is 0 Å². The van der Waals surface area contributed by atoms with Gasteiger partial charge in [0.1, 0.15) is 6.07 Å². The maximum Gasteiger partial charge on any atom is 0.397 e. The van der Waals surface area contributed by atoms with E-state index in [1.54, 1.807) is 0 Å². The zero-order chi connectivity index (χ0) is 10.6. The molecule has 0 aliphatic heterocycles. The van der Waals surface area contributed by atoms with Crippen LogP contribution in [0.25, 0.3) is 0 Å². The summed E-state index contributed by atoms with van der Waals surface area (Å²) < 4.78 is 52.4. The van der Waals surface area contributed by atoms with E-state index >= 15 is 0 Å². The Labute approximate surface area is 70.2 Å². The molecule has 0 N–H and O–H groups in total. The normalized spacial score (nSPS) is 12.9. The van der Waals surface area contributed by atoms with Crippen LogP contribution in [0.2, 0.25) is 0 Å². The molecule has 0 aliphatic rings. The van der Waals surface area contributed by atoms with E-state index in [2.05, 4.69) is 4.74 Å². The number of carbonyl (C=O) groups excluding carboxylic acids is 1. The van der Waals surface area contributed by atoms with Gasteiger partial charge in [-0.25, -0.2) is 9.18 Å². The summed E-state index contributed by atoms with van der Waals surface area (Å²) in [6.07, 6.45) is 0. The fraction of sp³-hybridized carbons (Fsp3) is 0.333. The van der Waals surface area contributed by atoms with Gasteiger partial charge >= 0.3 is 11.9 Å². The van der Waals surface area contributed by atoms with E-state index in [-0.39, 0.29) is 0 Å². The summed E-state index contributed by atoms with van der Waals surface area (Å²) in [5.41, 5.74) is 0. The first-order valence-corrected chi connectivity index (χ1v) is 2.80. The van der Waals surface area contributed by atoms with Gasteiger partial charge in [-0.2, -0.15) is 18.4 Å². The van der Waals surface area contributed by atoms with Crippen LogP contribution in [0.1, 0.15) is 0 Å². The summed E-state index contributed by atoms with van der Waals surface area (Å²) in [7, 11) is 0.577. The first-order chi connectivity index (χ1) is 5.87. The Morgan fingerprint density at radius 1 is 1.46 bits per heavy atom. The lowest BCUT2D eigenvalue weighted by atomic mass is 10.3. The molecule has 0 fully saturated rings. The average molecular weight is 197 g/mol. The molecule has 0 saturated carbocycles. The van der Waals surface area contributed by atoms with Crippen LogP contribution in [0.5, 0.6) is 0 Å². The van der Waals surface area contributed by atoms with Crippen molar-refractivity contribution in [1.29, 1.82) is 5.26 Å². The summed E-state index contributed by atoms with van der Waals surface area (Å²) in [6, 6.07) is 0.500. The van der Waals surface area contributed by atoms with Crippen molar-refractivity contribution in [2.24, 2.45) is 0 Å². The maximum atomic E-state index is 12.4. The van der Waals surface area contributed by atoms with Crippen LogP contribution in [0.3, 0.4) is 0 Å². The number of hydrogen-bond acceptors (Lipinski definition) is 3. The second-order valence-corrected chi connectivity index (χ2v) is 1.81. The molecule has 3 nitrogen and oxygen atoms in total. The minimum atomic E-state index is -4.76. The second kappa shape index (κ2) is 3.89. The summed E-state index contributed by atoms with van der Waals surface area (Å²) in [6.45, 7) is 0. The van der Waals surface area contributed by atoms with E-state index in [9.17, 15) is 22.4 Å². The van der Waals surface area contributed by atoms with E-state index in [0.717, 1.165) is 0 Å². The minimum absolute atomic E-state index is 0.500. The van der Waals surface area contributed by atoms with Gasteiger partial charge < -0.3 is 4.74 Å². The number of ether oxygens (including phenoxy) is 1. The van der Waals surface area contributed by atoms with Crippen molar-refractivity contribution in [3.8, 4) is 6.07 Å². The number of esters is 1. The Hall–Kier alpha value is -1.58. The third-order valence-corrected chi connectivity index (χ3v) is 1.01. The van der Waals surface area contributed by atoms with Crippen LogP contribution in [-0.4, -0.2) is 19.0 Å². The molecule has 0 amide bonds. The van der Waals surface area contributed by atoms with E-state index in [1.165, 1.54) is 0 Å². The van der Waals surface area contributed by atoms with Crippen molar-refractivity contribution < 1.29 is 27.1 Å². The molecule has 13 heavy (non-hydrogen) atoms. The van der Waals surface area contributed by atoms with E-state index < -0.39 is 23.5 Å². The Kier molecular flexibility index (Phi) is 3.42. The van der Waals surface area contributed by atoms with Gasteiger partial charge in [-0.3, -0.25) is 0 Å². The smallest absolute Gasteiger partial charge is 0.397 e. The number of carbonyl (C=O) groups is 1. The number of hydrogen-bond donors (Lipinski definition) is 0. The van der Waals surface area contributed by atoms with Crippen LogP contribution in [0, 0.1) is 11.3 Å². The van der Waals surface area contributed by atoms with E-state index in [1.807, 2.05) is 0 Å². The Bertz CT molecular complexity index is 291. The fourth-order valence-corrected chi connectivity index (χ4v) is 0.405. The maximum absolute atomic E-state index is 12.4. The van der Waals surface area contributed by atoms with E-state index in [4.69, 9.17) is 5.26 Å². The van der Waals surface area contributed by atoms with Crippen molar-refractivity contribution in [2.45, 2.75) is 5.92 Å². The topological polar surface area (TPSA) is 50.1 Å². The molecule has 0 atom stereocenters. The molecule has 7 heteroatoms. The van der Waals surface area contributed by atoms with Crippen LogP contribution in [0.15, 0.2) is 11.7 Å². The quantitative estimate of drug-likeness (QED) is 0.382. The lowest BCUT2D eigenvalue weighted by molar-refractivity contribution is -0.165. The standard InChI is InChI=1S/C6H3F4NO2/c1-13-5(12)6(9,10)4(8)3(7)2-11/h1H3/b4-3+. The summed E-state index contributed by atoms with van der Waals surface area (Å²) in [5, 5.41) is 7.71. The Balaban J connectivity index is 5.08. The van der Waals surface area contributed by atoms with Crippen molar-refractivity contribution in [2.75, 3.05) is 7.11 Å². The van der Waals surface area contributed by atoms with Gasteiger partial charge in [-0.1, -0.05) is 0 Å². The second-order valence-electron chi connectivity index (χ2n) is 1.81. The summed E-state index contributed by atoms with van der Waals surface area (Å²) in [4.78, 5) is 10.2. The first-order valence-electron chi connectivity index (χ1n) is 2.80. The molecule has 0 heterocycles. The molecule has 0 spiro atoms. The Morgan fingerprint density at radius 2 is 1.92 bits per heavy atom. The summed E-state index contributed by atoms with van der Waals surface area (Å²) in [5.74, 6) is -12.1. The largest absolute Gasteiger partial charge is 0.464 e. The highest BCUT2D eigenvalue weighted by Crippen LogP contribution is 2.29. The molecule has 0 radical (unpaired) electrons. The SMILES string of the molecule is COC(=O)C(F)(F)/C(F)=C(\F)C#N. The third-order valence-electron chi connectivity index (χ3n) is 1.01. The molecule has 0 aromatic rings. The zero-order valence-electron chi connectivity index (χ0n) is 6.28. The number of allylic oxidation sites excluding steroid dienone is 1. The number of alkyl halides is 2. The fourth-order valence-electron chi connectivity index (χ4n) is 0.405. The molecular weight excluding hydrogens is 194 g/mol. The number of methoxy groups -OCH3 is 1. The van der Waals surface area contributed by atoms with Crippen LogP contribution >= 0.6 is 0 Å². The van der Waals surface area contributed by atoms with Crippen molar-refractivity contribution in [3.63, 3.8) is 0 Å². The van der Waals surface area contributed by atoms with Crippen molar-refractivity contribution in [1.82, 2.24) is 0 Å². The molecule has 0 unspecified atom stereocenters. The number of nitriles is 1. The van der Waals surface area contributed by atoms with Crippen LogP contribution in [-0.2, 0) is 9.53 Å². The number of rotatable bonds is 2. The first kappa shape index (κ1) is 11.4. The predicted octanol–water partition coefficient (Wildman–Crippen LogP) is 1.47. The molecule has 0 bridgehead atoms. The van der Waals surface area contributed by atoms with Gasteiger partial charge in [0.05, 0.1) is 7.11 Å². The van der Waals surface area contributed by atoms with Crippen LogP contribution in [0.4, 0.5) is 17.6 Å².